The summed E-state index contributed by atoms with van der Waals surface area (Å²) in [7, 11) is 0. The van der Waals surface area contributed by atoms with Crippen LogP contribution in [-0.2, 0) is 11.4 Å². The van der Waals surface area contributed by atoms with Gasteiger partial charge in [0.2, 0.25) is 0 Å². The summed E-state index contributed by atoms with van der Waals surface area (Å²) in [5.41, 5.74) is 1.62. The van der Waals surface area contributed by atoms with E-state index in [9.17, 15) is 13.6 Å². The first-order valence-corrected chi connectivity index (χ1v) is 10.2. The zero-order chi connectivity index (χ0) is 21.1. The van der Waals surface area contributed by atoms with Crippen LogP contribution in [0.2, 0.25) is 0 Å². The van der Waals surface area contributed by atoms with E-state index in [0.717, 1.165) is 11.8 Å². The normalized spacial score (nSPS) is 15.1. The Hall–Kier alpha value is -3.03. The van der Waals surface area contributed by atoms with Crippen LogP contribution in [0.4, 0.5) is 14.5 Å². The smallest absolute Gasteiger partial charge is 0.270 e. The van der Waals surface area contributed by atoms with Gasteiger partial charge in [0.05, 0.1) is 10.6 Å². The molecule has 0 radical (unpaired) electrons. The largest absolute Gasteiger partial charge is 0.488 e. The summed E-state index contributed by atoms with van der Waals surface area (Å²) < 4.78 is 33.2. The number of nitrogens with zero attached hydrogens (tertiary/aromatic N) is 1. The van der Waals surface area contributed by atoms with E-state index in [1.54, 1.807) is 42.5 Å². The van der Waals surface area contributed by atoms with E-state index in [1.165, 1.54) is 35.2 Å². The molecule has 0 unspecified atom stereocenters. The number of thiocarbonyl (C=S) groups is 1. The summed E-state index contributed by atoms with van der Waals surface area (Å²) in [4.78, 5) is 14.7. The maximum Gasteiger partial charge on any atom is 0.270 e. The van der Waals surface area contributed by atoms with Crippen molar-refractivity contribution in [1.82, 2.24) is 0 Å². The lowest BCUT2D eigenvalue weighted by atomic mass is 10.1. The fraction of sp³-hybridized carbons (Fsp3) is 0.0435. The molecule has 7 heteroatoms. The minimum absolute atomic E-state index is 0.0636. The van der Waals surface area contributed by atoms with Gasteiger partial charge < -0.3 is 4.74 Å². The fourth-order valence-corrected chi connectivity index (χ4v) is 4.21. The van der Waals surface area contributed by atoms with Gasteiger partial charge >= 0.3 is 0 Å². The number of carbonyl (C=O) groups is 1. The van der Waals surface area contributed by atoms with Crippen LogP contribution in [0.3, 0.4) is 0 Å². The Labute approximate surface area is 182 Å². The molecule has 3 nitrogen and oxygen atoms in total. The molecule has 3 aromatic carbocycles. The second kappa shape index (κ2) is 8.77. The highest BCUT2D eigenvalue weighted by molar-refractivity contribution is 8.27. The Bertz CT molecular complexity index is 1150. The van der Waals surface area contributed by atoms with E-state index < -0.39 is 0 Å². The van der Waals surface area contributed by atoms with Gasteiger partial charge in [-0.2, -0.15) is 0 Å². The number of hydrogen-bond donors (Lipinski definition) is 0. The molecular formula is C23H15F2NO2S2. The number of hydrogen-bond acceptors (Lipinski definition) is 4. The van der Waals surface area contributed by atoms with Crippen molar-refractivity contribution in [2.45, 2.75) is 6.61 Å². The van der Waals surface area contributed by atoms with Gasteiger partial charge in [0.1, 0.15) is 24.0 Å². The summed E-state index contributed by atoms with van der Waals surface area (Å²) in [6.07, 6.45) is 1.69. The molecule has 4 rings (SSSR count). The van der Waals surface area contributed by atoms with E-state index >= 15 is 0 Å². The zero-order valence-corrected chi connectivity index (χ0v) is 17.2. The van der Waals surface area contributed by atoms with Gasteiger partial charge in [-0.15, -0.1) is 0 Å². The van der Waals surface area contributed by atoms with Gasteiger partial charge in [-0.1, -0.05) is 60.4 Å². The van der Waals surface area contributed by atoms with Crippen molar-refractivity contribution in [3.05, 3.63) is 100 Å². The summed E-state index contributed by atoms with van der Waals surface area (Å²) in [6, 6.07) is 19.2. The highest BCUT2D eigenvalue weighted by Gasteiger charge is 2.33. The Balaban J connectivity index is 1.58. The van der Waals surface area contributed by atoms with Crippen molar-refractivity contribution in [3.63, 3.8) is 0 Å². The summed E-state index contributed by atoms with van der Waals surface area (Å²) in [5.74, 6) is -0.496. The number of rotatable bonds is 5. The first kappa shape index (κ1) is 20.3. The number of amides is 1. The van der Waals surface area contributed by atoms with Gasteiger partial charge in [-0.05, 0) is 42.5 Å². The second-order valence-corrected chi connectivity index (χ2v) is 8.09. The summed E-state index contributed by atoms with van der Waals surface area (Å²) >= 11 is 6.51. The topological polar surface area (TPSA) is 29.5 Å². The molecule has 1 aliphatic heterocycles. The predicted octanol–water partition coefficient (Wildman–Crippen LogP) is 5.95. The van der Waals surface area contributed by atoms with Crippen LogP contribution in [0, 0.1) is 11.6 Å². The lowest BCUT2D eigenvalue weighted by Crippen LogP contribution is -2.27. The van der Waals surface area contributed by atoms with E-state index in [1.807, 2.05) is 6.07 Å². The molecule has 1 saturated heterocycles. The minimum Gasteiger partial charge on any atom is -0.488 e. The Morgan fingerprint density at radius 3 is 2.43 bits per heavy atom. The molecule has 1 aliphatic rings. The molecule has 150 valence electrons. The minimum atomic E-state index is -0.388. The first-order chi connectivity index (χ1) is 14.5. The molecule has 0 aromatic heterocycles. The monoisotopic (exact) mass is 439 g/mol. The molecule has 0 saturated carbocycles. The summed E-state index contributed by atoms with van der Waals surface area (Å²) in [5, 5.41) is 0. The molecule has 1 fully saturated rings. The highest BCUT2D eigenvalue weighted by atomic mass is 32.2. The van der Waals surface area contributed by atoms with Crippen LogP contribution in [-0.4, -0.2) is 10.2 Å². The van der Waals surface area contributed by atoms with Gasteiger partial charge in [0.15, 0.2) is 4.32 Å². The fourth-order valence-electron chi connectivity index (χ4n) is 2.92. The molecule has 1 amide bonds. The Morgan fingerprint density at radius 2 is 1.67 bits per heavy atom. The SMILES string of the molecule is O=C1C(=Cc2ccccc2OCc2ccccc2F)SC(=S)N1c1ccc(F)cc1. The number of halogens is 2. The maximum absolute atomic E-state index is 13.9. The number of carbonyl (C=O) groups excluding carboxylic acids is 1. The Morgan fingerprint density at radius 1 is 0.967 bits per heavy atom. The van der Waals surface area contributed by atoms with Crippen molar-refractivity contribution >= 4 is 46.0 Å². The van der Waals surface area contributed by atoms with Gasteiger partial charge in [-0.3, -0.25) is 9.69 Å². The predicted molar refractivity (Wildman–Crippen MR) is 119 cm³/mol. The quantitative estimate of drug-likeness (QED) is 0.363. The maximum atomic E-state index is 13.9. The average Bonchev–Trinajstić information content (AvgIpc) is 3.02. The molecule has 0 aliphatic carbocycles. The third-order valence-corrected chi connectivity index (χ3v) is 5.73. The summed E-state index contributed by atoms with van der Waals surface area (Å²) in [6.45, 7) is 0.0636. The molecule has 3 aromatic rings. The molecule has 30 heavy (non-hydrogen) atoms. The zero-order valence-electron chi connectivity index (χ0n) is 15.5. The van der Waals surface area contributed by atoms with Crippen LogP contribution >= 0.6 is 24.0 Å². The number of para-hydroxylation sites is 1. The first-order valence-electron chi connectivity index (χ1n) is 9.02. The number of ether oxygens (including phenoxy) is 1. The van der Waals surface area contributed by atoms with Crippen molar-refractivity contribution in [2.75, 3.05) is 4.90 Å². The number of benzene rings is 3. The van der Waals surface area contributed by atoms with Crippen molar-refractivity contribution in [3.8, 4) is 5.75 Å². The molecule has 0 bridgehead atoms. The van der Waals surface area contributed by atoms with Crippen LogP contribution in [0.15, 0.2) is 77.7 Å². The van der Waals surface area contributed by atoms with Crippen molar-refractivity contribution in [2.24, 2.45) is 0 Å². The van der Waals surface area contributed by atoms with Gasteiger partial charge in [0.25, 0.3) is 5.91 Å². The van der Waals surface area contributed by atoms with Crippen molar-refractivity contribution in [1.29, 1.82) is 0 Å². The number of anilines is 1. The molecule has 0 N–H and O–H groups in total. The van der Waals surface area contributed by atoms with E-state index in [-0.39, 0.29) is 24.1 Å². The molecule has 0 spiro atoms. The molecular weight excluding hydrogens is 424 g/mol. The van der Waals surface area contributed by atoms with Crippen LogP contribution in [0.1, 0.15) is 11.1 Å². The Kier molecular flexibility index (Phi) is 5.92. The van der Waals surface area contributed by atoms with E-state index in [0.29, 0.717) is 31.8 Å². The standard InChI is InChI=1S/C23H15F2NO2S2/c24-17-9-11-18(12-10-17)26-22(27)21(30-23(26)29)13-15-5-2-4-8-20(15)28-14-16-6-1-3-7-19(16)25/h1-13H,14H2. The van der Waals surface area contributed by atoms with E-state index in [4.69, 9.17) is 17.0 Å². The number of thioether (sulfide) groups is 1. The van der Waals surface area contributed by atoms with E-state index in [2.05, 4.69) is 0 Å². The van der Waals surface area contributed by atoms with Gasteiger partial charge in [-0.25, -0.2) is 8.78 Å². The lowest BCUT2D eigenvalue weighted by molar-refractivity contribution is -0.113. The second-order valence-electron chi connectivity index (χ2n) is 6.41. The highest BCUT2D eigenvalue weighted by Crippen LogP contribution is 2.37. The third kappa shape index (κ3) is 4.27. The third-order valence-electron chi connectivity index (χ3n) is 4.43. The van der Waals surface area contributed by atoms with Crippen LogP contribution < -0.4 is 9.64 Å². The lowest BCUT2D eigenvalue weighted by Gasteiger charge is -2.14. The van der Waals surface area contributed by atoms with Gasteiger partial charge in [0, 0.05) is 11.1 Å². The van der Waals surface area contributed by atoms with Crippen LogP contribution in [0.5, 0.6) is 5.75 Å². The van der Waals surface area contributed by atoms with Crippen LogP contribution in [0.25, 0.3) is 6.08 Å². The average molecular weight is 440 g/mol. The molecule has 1 heterocycles. The van der Waals surface area contributed by atoms with Crippen molar-refractivity contribution < 1.29 is 18.3 Å². The molecule has 0 atom stereocenters.